The Balaban J connectivity index is 0.00000288. The highest BCUT2D eigenvalue weighted by Gasteiger charge is 2.37. The number of hydrogen-bond acceptors (Lipinski definition) is 4. The van der Waals surface area contributed by atoms with E-state index in [9.17, 15) is 9.59 Å². The molecule has 8 heteroatoms. The van der Waals surface area contributed by atoms with Crippen LogP contribution in [0.4, 0.5) is 5.69 Å². The number of nitrogens with two attached hydrogens (primary N) is 1. The lowest BCUT2D eigenvalue weighted by Gasteiger charge is -2.22. The minimum atomic E-state index is -0.803. The molecule has 6 nitrogen and oxygen atoms in total. The number of carbonyl (C=O) groups is 2. The maximum absolute atomic E-state index is 12.3. The minimum absolute atomic E-state index is 0. The Labute approximate surface area is 152 Å². The molecule has 0 radical (unpaired) electrons. The van der Waals surface area contributed by atoms with Gasteiger partial charge in [0, 0.05) is 19.3 Å². The first kappa shape index (κ1) is 20.7. The van der Waals surface area contributed by atoms with Crippen molar-refractivity contribution in [2.24, 2.45) is 5.73 Å². The summed E-state index contributed by atoms with van der Waals surface area (Å²) in [6.07, 6.45) is 3.30. The van der Waals surface area contributed by atoms with E-state index in [1.165, 1.54) is 0 Å². The average Bonchev–Trinajstić information content (AvgIpc) is 2.95. The molecule has 1 aliphatic rings. The van der Waals surface area contributed by atoms with Crippen LogP contribution < -0.4 is 16.4 Å². The molecule has 0 heterocycles. The van der Waals surface area contributed by atoms with Gasteiger partial charge in [0.1, 0.15) is 0 Å². The van der Waals surface area contributed by atoms with Crippen molar-refractivity contribution in [3.63, 3.8) is 0 Å². The van der Waals surface area contributed by atoms with Gasteiger partial charge in [-0.2, -0.15) is 0 Å². The Morgan fingerprint density at radius 2 is 2.00 bits per heavy atom. The van der Waals surface area contributed by atoms with Crippen LogP contribution in [0.15, 0.2) is 18.2 Å². The zero-order valence-electron chi connectivity index (χ0n) is 13.6. The minimum Gasteiger partial charge on any atom is -0.383 e. The zero-order valence-corrected chi connectivity index (χ0v) is 15.1. The molecule has 1 fully saturated rings. The van der Waals surface area contributed by atoms with Crippen LogP contribution in [0, 0.1) is 0 Å². The molecule has 0 saturated heterocycles. The van der Waals surface area contributed by atoms with Gasteiger partial charge in [0.25, 0.3) is 5.91 Å². The molecule has 1 aliphatic carbocycles. The lowest BCUT2D eigenvalue weighted by Crippen LogP contribution is -2.48. The fraction of sp³-hybridized carbons (Fsp3) is 0.500. The van der Waals surface area contributed by atoms with Crippen molar-refractivity contribution >= 4 is 41.5 Å². The van der Waals surface area contributed by atoms with Crippen molar-refractivity contribution < 1.29 is 14.3 Å². The van der Waals surface area contributed by atoms with Gasteiger partial charge in [0.15, 0.2) is 0 Å². The van der Waals surface area contributed by atoms with E-state index < -0.39 is 5.54 Å². The van der Waals surface area contributed by atoms with Crippen LogP contribution in [-0.2, 0) is 9.53 Å². The molecule has 24 heavy (non-hydrogen) atoms. The second-order valence-electron chi connectivity index (χ2n) is 5.76. The van der Waals surface area contributed by atoms with E-state index in [1.54, 1.807) is 25.3 Å². The van der Waals surface area contributed by atoms with Crippen molar-refractivity contribution in [2.45, 2.75) is 31.2 Å². The van der Waals surface area contributed by atoms with Crippen molar-refractivity contribution in [3.8, 4) is 0 Å². The van der Waals surface area contributed by atoms with E-state index in [0.29, 0.717) is 37.2 Å². The quantitative estimate of drug-likeness (QED) is 0.665. The third-order valence-corrected chi connectivity index (χ3v) is 4.32. The molecular formula is C16H23Cl2N3O3. The topological polar surface area (TPSA) is 93.5 Å². The predicted octanol–water partition coefficient (Wildman–Crippen LogP) is 2.35. The molecule has 2 amide bonds. The first-order valence-electron chi connectivity index (χ1n) is 7.63. The number of carbonyl (C=O) groups excluding carboxylic acids is 2. The third kappa shape index (κ3) is 5.08. The number of ether oxygens (including phenoxy) is 1. The molecule has 1 aromatic carbocycles. The van der Waals surface area contributed by atoms with Gasteiger partial charge in [0.05, 0.1) is 22.7 Å². The van der Waals surface area contributed by atoms with Crippen molar-refractivity contribution in [1.82, 2.24) is 5.32 Å². The van der Waals surface area contributed by atoms with E-state index in [-0.39, 0.29) is 29.2 Å². The fourth-order valence-electron chi connectivity index (χ4n) is 2.63. The molecule has 0 aliphatic heterocycles. The lowest BCUT2D eigenvalue weighted by molar-refractivity contribution is -0.121. The van der Waals surface area contributed by atoms with Crippen LogP contribution in [0.3, 0.4) is 0 Å². The van der Waals surface area contributed by atoms with Gasteiger partial charge in [-0.15, -0.1) is 12.4 Å². The van der Waals surface area contributed by atoms with Crippen LogP contribution in [0.25, 0.3) is 0 Å². The second kappa shape index (κ2) is 9.22. The van der Waals surface area contributed by atoms with Gasteiger partial charge in [-0.1, -0.05) is 24.4 Å². The van der Waals surface area contributed by atoms with Crippen LogP contribution >= 0.6 is 24.0 Å². The molecule has 0 spiro atoms. The maximum atomic E-state index is 12.3. The molecule has 4 N–H and O–H groups in total. The average molecular weight is 376 g/mol. The highest BCUT2D eigenvalue weighted by atomic mass is 35.5. The standard InChI is InChI=1S/C16H22ClN3O3.ClH/c1-23-9-8-19-14(21)12-5-4-11(10-13(12)17)20-15(22)16(18)6-2-3-7-16;/h4-5,10H,2-3,6-9,18H2,1H3,(H,19,21)(H,20,22);1H. The zero-order chi connectivity index (χ0) is 16.9. The van der Waals surface area contributed by atoms with E-state index in [4.69, 9.17) is 22.1 Å². The smallest absolute Gasteiger partial charge is 0.252 e. The van der Waals surface area contributed by atoms with Crippen LogP contribution in [-0.4, -0.2) is 37.6 Å². The summed E-state index contributed by atoms with van der Waals surface area (Å²) in [5, 5.41) is 5.75. The van der Waals surface area contributed by atoms with Crippen molar-refractivity contribution in [3.05, 3.63) is 28.8 Å². The lowest BCUT2D eigenvalue weighted by atomic mass is 9.98. The normalized spacial score (nSPS) is 15.5. The highest BCUT2D eigenvalue weighted by Crippen LogP contribution is 2.29. The molecule has 1 aromatic rings. The second-order valence-corrected chi connectivity index (χ2v) is 6.17. The number of methoxy groups -OCH3 is 1. The number of halogens is 2. The Hall–Kier alpha value is -1.34. The summed E-state index contributed by atoms with van der Waals surface area (Å²) >= 11 is 6.14. The largest absolute Gasteiger partial charge is 0.383 e. The molecule has 0 aromatic heterocycles. The summed E-state index contributed by atoms with van der Waals surface area (Å²) in [5.74, 6) is -0.487. The molecule has 0 atom stereocenters. The predicted molar refractivity (Wildman–Crippen MR) is 96.9 cm³/mol. The highest BCUT2D eigenvalue weighted by molar-refractivity contribution is 6.34. The van der Waals surface area contributed by atoms with Crippen LogP contribution in [0.2, 0.25) is 5.02 Å². The van der Waals surface area contributed by atoms with Gasteiger partial charge in [0.2, 0.25) is 5.91 Å². The van der Waals surface area contributed by atoms with Gasteiger partial charge in [-0.3, -0.25) is 9.59 Å². The Morgan fingerprint density at radius 3 is 2.58 bits per heavy atom. The summed E-state index contributed by atoms with van der Waals surface area (Å²) in [5.41, 5.74) is 6.19. The Bertz CT molecular complexity index is 590. The van der Waals surface area contributed by atoms with Crippen LogP contribution in [0.5, 0.6) is 0 Å². The summed E-state index contributed by atoms with van der Waals surface area (Å²) in [6.45, 7) is 0.829. The van der Waals surface area contributed by atoms with Gasteiger partial charge in [-0.25, -0.2) is 0 Å². The number of anilines is 1. The summed E-state index contributed by atoms with van der Waals surface area (Å²) in [7, 11) is 1.56. The maximum Gasteiger partial charge on any atom is 0.252 e. The van der Waals surface area contributed by atoms with Crippen molar-refractivity contribution in [1.29, 1.82) is 0 Å². The molecule has 0 unspecified atom stereocenters. The fourth-order valence-corrected chi connectivity index (χ4v) is 2.89. The molecule has 0 bridgehead atoms. The van der Waals surface area contributed by atoms with E-state index in [2.05, 4.69) is 10.6 Å². The number of nitrogens with one attached hydrogen (secondary N) is 2. The summed E-state index contributed by atoms with van der Waals surface area (Å²) in [4.78, 5) is 24.2. The number of benzene rings is 1. The summed E-state index contributed by atoms with van der Waals surface area (Å²) in [6, 6.07) is 4.79. The summed E-state index contributed by atoms with van der Waals surface area (Å²) < 4.78 is 4.87. The van der Waals surface area contributed by atoms with Gasteiger partial charge >= 0.3 is 0 Å². The molecule has 1 saturated carbocycles. The molecule has 134 valence electrons. The van der Waals surface area contributed by atoms with E-state index in [0.717, 1.165) is 12.8 Å². The molecular weight excluding hydrogens is 353 g/mol. The van der Waals surface area contributed by atoms with Gasteiger partial charge in [-0.05, 0) is 31.0 Å². The van der Waals surface area contributed by atoms with Gasteiger partial charge < -0.3 is 21.1 Å². The number of amides is 2. The first-order chi connectivity index (χ1) is 11.0. The van der Waals surface area contributed by atoms with Crippen molar-refractivity contribution in [2.75, 3.05) is 25.6 Å². The third-order valence-electron chi connectivity index (χ3n) is 4.01. The SMILES string of the molecule is COCCNC(=O)c1ccc(NC(=O)C2(N)CCCC2)cc1Cl.Cl. The monoisotopic (exact) mass is 375 g/mol. The first-order valence-corrected chi connectivity index (χ1v) is 8.01. The van der Waals surface area contributed by atoms with E-state index >= 15 is 0 Å². The number of hydrogen-bond donors (Lipinski definition) is 3. The Morgan fingerprint density at radius 1 is 1.33 bits per heavy atom. The van der Waals surface area contributed by atoms with E-state index in [1.807, 2.05) is 0 Å². The van der Waals surface area contributed by atoms with Crippen LogP contribution in [0.1, 0.15) is 36.0 Å². The Kier molecular flexibility index (Phi) is 7.96. The number of rotatable bonds is 6. The molecule has 2 rings (SSSR count).